The van der Waals surface area contributed by atoms with Crippen molar-refractivity contribution < 1.29 is 9.59 Å². The number of fused-ring (bicyclic) bond motifs is 2. The highest BCUT2D eigenvalue weighted by Gasteiger charge is 2.51. The van der Waals surface area contributed by atoms with Crippen LogP contribution in [-0.4, -0.2) is 11.8 Å². The van der Waals surface area contributed by atoms with Gasteiger partial charge in [0.2, 0.25) is 11.8 Å². The molecule has 0 saturated heterocycles. The molecule has 1 saturated carbocycles. The number of allylic oxidation sites excluding steroid dienone is 2. The summed E-state index contributed by atoms with van der Waals surface area (Å²) in [6, 6.07) is 15.5. The van der Waals surface area contributed by atoms with E-state index >= 15 is 0 Å². The number of hydrogen-bond donors (Lipinski definition) is 2. The molecule has 2 aromatic rings. The Kier molecular flexibility index (Phi) is 4.56. The van der Waals surface area contributed by atoms with Crippen molar-refractivity contribution in [1.29, 1.82) is 0 Å². The van der Waals surface area contributed by atoms with Crippen molar-refractivity contribution in [1.82, 2.24) is 0 Å². The Labute approximate surface area is 159 Å². The van der Waals surface area contributed by atoms with E-state index in [-0.39, 0.29) is 35.5 Å². The fourth-order valence-corrected chi connectivity index (χ4v) is 4.43. The van der Waals surface area contributed by atoms with Crippen molar-refractivity contribution >= 4 is 23.2 Å². The van der Waals surface area contributed by atoms with E-state index in [4.69, 9.17) is 0 Å². The van der Waals surface area contributed by atoms with Gasteiger partial charge in [-0.2, -0.15) is 0 Å². The Balaban J connectivity index is 1.53. The van der Waals surface area contributed by atoms with E-state index in [0.29, 0.717) is 0 Å². The molecule has 27 heavy (non-hydrogen) atoms. The molecule has 2 aliphatic carbocycles. The maximum absolute atomic E-state index is 13.0. The molecule has 0 spiro atoms. The summed E-state index contributed by atoms with van der Waals surface area (Å²) in [4.78, 5) is 26.0. The lowest BCUT2D eigenvalue weighted by Gasteiger charge is -2.26. The van der Waals surface area contributed by atoms with Crippen molar-refractivity contribution in [2.75, 3.05) is 10.6 Å². The number of rotatable bonds is 4. The van der Waals surface area contributed by atoms with E-state index in [9.17, 15) is 9.59 Å². The third-order valence-electron chi connectivity index (χ3n) is 5.64. The molecular formula is C23H24N2O2. The van der Waals surface area contributed by atoms with E-state index in [1.807, 2.05) is 62.4 Å². The third-order valence-corrected chi connectivity index (χ3v) is 5.64. The first-order valence-corrected chi connectivity index (χ1v) is 9.44. The van der Waals surface area contributed by atoms with Crippen molar-refractivity contribution in [2.45, 2.75) is 20.3 Å². The average Bonchev–Trinajstić information content (AvgIpc) is 3.23. The lowest BCUT2D eigenvalue weighted by molar-refractivity contribution is -0.129. The fourth-order valence-electron chi connectivity index (χ4n) is 4.43. The van der Waals surface area contributed by atoms with Crippen molar-refractivity contribution in [3.8, 4) is 0 Å². The smallest absolute Gasteiger partial charge is 0.228 e. The molecule has 2 N–H and O–H groups in total. The van der Waals surface area contributed by atoms with Gasteiger partial charge in [0.25, 0.3) is 0 Å². The van der Waals surface area contributed by atoms with Gasteiger partial charge in [0, 0.05) is 11.4 Å². The Bertz CT molecular complexity index is 845. The van der Waals surface area contributed by atoms with Gasteiger partial charge in [-0.05, 0) is 67.5 Å². The van der Waals surface area contributed by atoms with Crippen LogP contribution in [0.2, 0.25) is 0 Å². The normalized spacial score (nSPS) is 25.4. The molecule has 4 heteroatoms. The number of aryl methyl sites for hydroxylation is 2. The lowest BCUT2D eigenvalue weighted by Crippen LogP contribution is -2.39. The summed E-state index contributed by atoms with van der Waals surface area (Å²) >= 11 is 0. The summed E-state index contributed by atoms with van der Waals surface area (Å²) in [6.07, 6.45) is 5.07. The van der Waals surface area contributed by atoms with Crippen LogP contribution in [0.5, 0.6) is 0 Å². The van der Waals surface area contributed by atoms with Crippen LogP contribution in [0, 0.1) is 37.5 Å². The van der Waals surface area contributed by atoms with E-state index in [1.165, 1.54) is 0 Å². The van der Waals surface area contributed by atoms with E-state index in [1.54, 1.807) is 0 Å². The predicted molar refractivity (Wildman–Crippen MR) is 107 cm³/mol. The number of carbonyl (C=O) groups is 2. The topological polar surface area (TPSA) is 58.2 Å². The van der Waals surface area contributed by atoms with Gasteiger partial charge in [-0.25, -0.2) is 0 Å². The Hall–Kier alpha value is -2.88. The number of amides is 2. The maximum atomic E-state index is 13.0. The summed E-state index contributed by atoms with van der Waals surface area (Å²) in [6.45, 7) is 3.99. The highest BCUT2D eigenvalue weighted by Crippen LogP contribution is 2.48. The monoisotopic (exact) mass is 360 g/mol. The Morgan fingerprint density at radius 2 is 1.22 bits per heavy atom. The second-order valence-electron chi connectivity index (χ2n) is 7.72. The van der Waals surface area contributed by atoms with E-state index in [0.717, 1.165) is 28.9 Å². The van der Waals surface area contributed by atoms with Gasteiger partial charge in [-0.15, -0.1) is 0 Å². The number of benzene rings is 2. The quantitative estimate of drug-likeness (QED) is 0.798. The number of carbonyl (C=O) groups excluding carboxylic acids is 2. The highest BCUT2D eigenvalue weighted by atomic mass is 16.2. The van der Waals surface area contributed by atoms with E-state index < -0.39 is 0 Å². The molecule has 4 rings (SSSR count). The standard InChI is InChI=1S/C23H24N2O2/c1-14-5-3-7-18(11-14)24-22(26)20-16-9-10-17(13-16)21(20)23(27)25-19-8-4-6-15(2)12-19/h3-12,16-17,20-21H,13H2,1-2H3,(H,24,26)(H,25,27). The maximum Gasteiger partial charge on any atom is 0.228 e. The fraction of sp³-hybridized carbons (Fsp3) is 0.304. The molecular weight excluding hydrogens is 336 g/mol. The highest BCUT2D eigenvalue weighted by molar-refractivity contribution is 6.01. The zero-order valence-electron chi connectivity index (χ0n) is 15.6. The van der Waals surface area contributed by atoms with Crippen LogP contribution in [0.4, 0.5) is 11.4 Å². The SMILES string of the molecule is Cc1cccc(NC(=O)C2C3C=CC(C3)C2C(=O)Nc2cccc(C)c2)c1. The van der Waals surface area contributed by atoms with Gasteiger partial charge < -0.3 is 10.6 Å². The molecule has 0 heterocycles. The second kappa shape index (κ2) is 7.03. The predicted octanol–water partition coefficient (Wildman–Crippen LogP) is 4.32. The lowest BCUT2D eigenvalue weighted by atomic mass is 9.81. The summed E-state index contributed by atoms with van der Waals surface area (Å²) < 4.78 is 0. The zero-order chi connectivity index (χ0) is 19.0. The van der Waals surface area contributed by atoms with E-state index in [2.05, 4.69) is 22.8 Å². The second-order valence-corrected chi connectivity index (χ2v) is 7.72. The first kappa shape index (κ1) is 17.5. The van der Waals surface area contributed by atoms with Crippen LogP contribution in [0.15, 0.2) is 60.7 Å². The molecule has 0 aliphatic heterocycles. The van der Waals surface area contributed by atoms with Crippen LogP contribution in [0.25, 0.3) is 0 Å². The first-order valence-electron chi connectivity index (χ1n) is 9.44. The van der Waals surface area contributed by atoms with Gasteiger partial charge in [-0.3, -0.25) is 9.59 Å². The Morgan fingerprint density at radius 1 is 0.778 bits per heavy atom. The summed E-state index contributed by atoms with van der Waals surface area (Å²) in [5.41, 5.74) is 3.75. The van der Waals surface area contributed by atoms with Gasteiger partial charge in [0.1, 0.15) is 0 Å². The molecule has 138 valence electrons. The van der Waals surface area contributed by atoms with Gasteiger partial charge in [-0.1, -0.05) is 36.4 Å². The largest absolute Gasteiger partial charge is 0.326 e. The summed E-state index contributed by atoms with van der Waals surface area (Å²) in [5.74, 6) is -0.527. The van der Waals surface area contributed by atoms with Crippen LogP contribution < -0.4 is 10.6 Å². The third kappa shape index (κ3) is 3.52. The van der Waals surface area contributed by atoms with Crippen molar-refractivity contribution in [3.05, 3.63) is 71.8 Å². The molecule has 1 fully saturated rings. The van der Waals surface area contributed by atoms with Crippen LogP contribution in [-0.2, 0) is 9.59 Å². The summed E-state index contributed by atoms with van der Waals surface area (Å²) in [5, 5.41) is 6.03. The molecule has 2 aliphatic rings. The van der Waals surface area contributed by atoms with Crippen molar-refractivity contribution in [2.24, 2.45) is 23.7 Å². The molecule has 2 amide bonds. The van der Waals surface area contributed by atoms with Crippen molar-refractivity contribution in [3.63, 3.8) is 0 Å². The molecule has 0 radical (unpaired) electrons. The van der Waals surface area contributed by atoms with Gasteiger partial charge >= 0.3 is 0 Å². The molecule has 2 aromatic carbocycles. The average molecular weight is 360 g/mol. The molecule has 0 aromatic heterocycles. The number of hydrogen-bond acceptors (Lipinski definition) is 2. The number of anilines is 2. The van der Waals surface area contributed by atoms with Gasteiger partial charge in [0.15, 0.2) is 0 Å². The van der Waals surface area contributed by atoms with Gasteiger partial charge in [0.05, 0.1) is 11.8 Å². The van der Waals surface area contributed by atoms with Crippen LogP contribution in [0.3, 0.4) is 0 Å². The minimum atomic E-state index is -0.328. The summed E-state index contributed by atoms with van der Waals surface area (Å²) in [7, 11) is 0. The van der Waals surface area contributed by atoms with Crippen LogP contribution in [0.1, 0.15) is 17.5 Å². The molecule has 4 nitrogen and oxygen atoms in total. The Morgan fingerprint density at radius 3 is 1.63 bits per heavy atom. The van der Waals surface area contributed by atoms with Crippen LogP contribution >= 0.6 is 0 Å². The zero-order valence-corrected chi connectivity index (χ0v) is 15.6. The minimum Gasteiger partial charge on any atom is -0.326 e. The minimum absolute atomic E-state index is 0.0677. The number of nitrogens with one attached hydrogen (secondary N) is 2. The molecule has 4 unspecified atom stereocenters. The first-order chi connectivity index (χ1) is 13.0. The molecule has 4 atom stereocenters. The molecule has 2 bridgehead atoms.